The number of hydrogen-bond acceptors (Lipinski definition) is 7. The van der Waals surface area contributed by atoms with Crippen LogP contribution >= 0.6 is 0 Å². The lowest BCUT2D eigenvalue weighted by Crippen LogP contribution is -2.49. The van der Waals surface area contributed by atoms with Gasteiger partial charge in [0.2, 0.25) is 0 Å². The molecule has 0 unspecified atom stereocenters. The molecule has 1 saturated heterocycles. The quantitative estimate of drug-likeness (QED) is 0.509. The topological polar surface area (TPSA) is 134 Å². The molecule has 2 atom stereocenters. The number of pyridine rings is 1. The summed E-state index contributed by atoms with van der Waals surface area (Å²) in [5.41, 5.74) is 1.78. The molecule has 1 aliphatic rings. The van der Waals surface area contributed by atoms with Crippen molar-refractivity contribution in [2.45, 2.75) is 12.1 Å². The number of rotatable bonds is 5. The average Bonchev–Trinajstić information content (AvgIpc) is 3.31. The highest BCUT2D eigenvalue weighted by Gasteiger charge is 2.37. The molecule has 32 heavy (non-hydrogen) atoms. The van der Waals surface area contributed by atoms with E-state index in [2.05, 4.69) is 9.97 Å². The first-order valence-corrected chi connectivity index (χ1v) is 9.85. The molecular weight excluding hydrogens is 418 g/mol. The first-order chi connectivity index (χ1) is 15.6. The number of amides is 1. The third-order valence-electron chi connectivity index (χ3n) is 5.17. The minimum Gasteiger partial charge on any atom is -0.493 e. The fraction of sp³-hybridized carbons (Fsp3) is 0.318. The van der Waals surface area contributed by atoms with Gasteiger partial charge in [-0.05, 0) is 35.9 Å². The number of fused-ring (bicyclic) bond motifs is 1. The van der Waals surface area contributed by atoms with Crippen LogP contribution in [0.4, 0.5) is 0 Å². The Morgan fingerprint density at radius 2 is 2.00 bits per heavy atom. The standard InChI is InChI=1S/C21H23N3O5.CH2O2/c1-27-16-6-4-14(11-17(16)28-2)19-18(12-25)29-10-9-24(19)21(26)15-5-3-13-7-8-22-20(13)23-15;2-1-3/h3-8,11,18-19,25H,9-10,12H2,1-2H3,(H,22,23);1H,(H,2,3)/t18-,19-;/m0./s1. The molecule has 4 rings (SSSR count). The summed E-state index contributed by atoms with van der Waals surface area (Å²) in [6.07, 6.45) is 1.23. The lowest BCUT2D eigenvalue weighted by atomic mass is 9.97. The number of nitrogens with one attached hydrogen (secondary N) is 1. The maximum atomic E-state index is 13.3. The van der Waals surface area contributed by atoms with Crippen LogP contribution in [0.3, 0.4) is 0 Å². The smallest absolute Gasteiger partial charge is 0.290 e. The van der Waals surface area contributed by atoms with Crippen molar-refractivity contribution in [2.24, 2.45) is 0 Å². The van der Waals surface area contributed by atoms with Gasteiger partial charge >= 0.3 is 0 Å². The number of carbonyl (C=O) groups is 2. The minimum atomic E-state index is -0.556. The van der Waals surface area contributed by atoms with E-state index in [4.69, 9.17) is 24.1 Å². The van der Waals surface area contributed by atoms with E-state index in [1.165, 1.54) is 0 Å². The van der Waals surface area contributed by atoms with Crippen LogP contribution in [0.1, 0.15) is 22.1 Å². The zero-order valence-corrected chi connectivity index (χ0v) is 17.7. The Kier molecular flexibility index (Phi) is 7.63. The van der Waals surface area contributed by atoms with Gasteiger partial charge in [0.15, 0.2) is 11.5 Å². The van der Waals surface area contributed by atoms with Gasteiger partial charge in [0.05, 0.1) is 33.5 Å². The second kappa shape index (κ2) is 10.6. The molecule has 1 aliphatic heterocycles. The Morgan fingerprint density at radius 1 is 1.25 bits per heavy atom. The van der Waals surface area contributed by atoms with Gasteiger partial charge in [0, 0.05) is 18.1 Å². The van der Waals surface area contributed by atoms with Gasteiger partial charge in [0.25, 0.3) is 12.4 Å². The number of morpholine rings is 1. The number of benzene rings is 1. The summed E-state index contributed by atoms with van der Waals surface area (Å²) < 4.78 is 16.5. The molecule has 0 radical (unpaired) electrons. The molecule has 170 valence electrons. The van der Waals surface area contributed by atoms with Gasteiger partial charge in [-0.2, -0.15) is 0 Å². The summed E-state index contributed by atoms with van der Waals surface area (Å²) in [5.74, 6) is 0.916. The Bertz CT molecular complexity index is 1070. The van der Waals surface area contributed by atoms with Crippen molar-refractivity contribution < 1.29 is 34.0 Å². The molecule has 0 aliphatic carbocycles. The molecule has 3 N–H and O–H groups in total. The van der Waals surface area contributed by atoms with Crippen molar-refractivity contribution in [3.63, 3.8) is 0 Å². The van der Waals surface area contributed by atoms with Crippen molar-refractivity contribution in [3.8, 4) is 11.5 Å². The summed E-state index contributed by atoms with van der Waals surface area (Å²) in [6, 6.07) is 10.4. The lowest BCUT2D eigenvalue weighted by Gasteiger charge is -2.40. The lowest BCUT2D eigenvalue weighted by molar-refractivity contribution is -0.122. The van der Waals surface area contributed by atoms with Gasteiger partial charge in [-0.1, -0.05) is 6.07 Å². The van der Waals surface area contributed by atoms with Crippen LogP contribution in [0.5, 0.6) is 11.5 Å². The Labute approximate surface area is 184 Å². The summed E-state index contributed by atoms with van der Waals surface area (Å²) in [5, 5.41) is 17.7. The van der Waals surface area contributed by atoms with Gasteiger partial charge in [-0.15, -0.1) is 0 Å². The molecule has 3 heterocycles. The van der Waals surface area contributed by atoms with Crippen molar-refractivity contribution in [1.29, 1.82) is 0 Å². The second-order valence-electron chi connectivity index (χ2n) is 6.87. The molecule has 3 aromatic rings. The Morgan fingerprint density at radius 3 is 2.69 bits per heavy atom. The van der Waals surface area contributed by atoms with Crippen LogP contribution in [0.15, 0.2) is 42.6 Å². The first kappa shape index (κ1) is 23.0. The number of carbonyl (C=O) groups excluding carboxylic acids is 1. The highest BCUT2D eigenvalue weighted by molar-refractivity contribution is 5.94. The third-order valence-corrected chi connectivity index (χ3v) is 5.17. The van der Waals surface area contributed by atoms with Crippen LogP contribution in [-0.4, -0.2) is 77.5 Å². The van der Waals surface area contributed by atoms with Crippen LogP contribution in [0, 0.1) is 0 Å². The number of aliphatic hydroxyl groups excluding tert-OH is 1. The highest BCUT2D eigenvalue weighted by Crippen LogP contribution is 2.36. The molecule has 1 aromatic carbocycles. The van der Waals surface area contributed by atoms with Crippen LogP contribution in [0.2, 0.25) is 0 Å². The molecular formula is C22H25N3O7. The monoisotopic (exact) mass is 443 g/mol. The third kappa shape index (κ3) is 4.66. The maximum Gasteiger partial charge on any atom is 0.290 e. The van der Waals surface area contributed by atoms with E-state index >= 15 is 0 Å². The number of aliphatic hydroxyl groups is 1. The summed E-state index contributed by atoms with van der Waals surface area (Å²) >= 11 is 0. The molecule has 0 bridgehead atoms. The summed E-state index contributed by atoms with van der Waals surface area (Å²) in [4.78, 5) is 30.9. The summed E-state index contributed by atoms with van der Waals surface area (Å²) in [6.45, 7) is 0.260. The number of carboxylic acid groups (broad SMARTS) is 1. The van der Waals surface area contributed by atoms with Crippen molar-refractivity contribution in [3.05, 3.63) is 53.9 Å². The Hall–Kier alpha value is -3.63. The van der Waals surface area contributed by atoms with E-state index in [1.807, 2.05) is 24.3 Å². The number of ether oxygens (including phenoxy) is 3. The van der Waals surface area contributed by atoms with E-state index in [0.29, 0.717) is 36.0 Å². The zero-order chi connectivity index (χ0) is 23.1. The minimum absolute atomic E-state index is 0.216. The van der Waals surface area contributed by atoms with Crippen molar-refractivity contribution in [1.82, 2.24) is 14.9 Å². The molecule has 0 saturated carbocycles. The Balaban J connectivity index is 0.000000913. The molecule has 0 spiro atoms. The zero-order valence-electron chi connectivity index (χ0n) is 17.7. The fourth-order valence-corrected chi connectivity index (χ4v) is 3.74. The number of nitrogens with zero attached hydrogens (tertiary/aromatic N) is 2. The SMILES string of the molecule is COc1ccc([C@H]2[C@H](CO)OCCN2C(=O)c2ccc3cc[nH]c3n2)cc1OC.O=CO. The number of methoxy groups -OCH3 is 2. The number of hydrogen-bond donors (Lipinski definition) is 3. The molecule has 10 nitrogen and oxygen atoms in total. The van der Waals surface area contributed by atoms with Crippen LogP contribution in [0.25, 0.3) is 11.0 Å². The van der Waals surface area contributed by atoms with Crippen LogP contribution < -0.4 is 9.47 Å². The predicted octanol–water partition coefficient (Wildman–Crippen LogP) is 1.86. The van der Waals surface area contributed by atoms with E-state index in [-0.39, 0.29) is 19.0 Å². The molecule has 2 aromatic heterocycles. The fourth-order valence-electron chi connectivity index (χ4n) is 3.74. The van der Waals surface area contributed by atoms with E-state index < -0.39 is 12.1 Å². The normalized spacial score (nSPS) is 17.9. The maximum absolute atomic E-state index is 13.3. The van der Waals surface area contributed by atoms with E-state index in [0.717, 1.165) is 10.9 Å². The van der Waals surface area contributed by atoms with Gasteiger partial charge in [-0.25, -0.2) is 4.98 Å². The second-order valence-corrected chi connectivity index (χ2v) is 6.87. The van der Waals surface area contributed by atoms with Gasteiger partial charge in [-0.3, -0.25) is 9.59 Å². The predicted molar refractivity (Wildman–Crippen MR) is 115 cm³/mol. The van der Waals surface area contributed by atoms with E-state index in [1.54, 1.807) is 37.4 Å². The largest absolute Gasteiger partial charge is 0.493 e. The highest BCUT2D eigenvalue weighted by atomic mass is 16.5. The number of aromatic amines is 1. The van der Waals surface area contributed by atoms with Crippen molar-refractivity contribution in [2.75, 3.05) is 34.0 Å². The molecule has 1 fully saturated rings. The van der Waals surface area contributed by atoms with Crippen molar-refractivity contribution >= 4 is 23.4 Å². The van der Waals surface area contributed by atoms with Gasteiger partial charge < -0.3 is 34.3 Å². The average molecular weight is 443 g/mol. The van der Waals surface area contributed by atoms with E-state index in [9.17, 15) is 9.90 Å². The molecule has 1 amide bonds. The molecule has 10 heteroatoms. The van der Waals surface area contributed by atoms with Crippen LogP contribution in [-0.2, 0) is 9.53 Å². The first-order valence-electron chi connectivity index (χ1n) is 9.85. The summed E-state index contributed by atoms with van der Waals surface area (Å²) in [7, 11) is 3.12. The number of aromatic nitrogens is 2. The number of H-pyrrole nitrogens is 1. The van der Waals surface area contributed by atoms with Gasteiger partial charge in [0.1, 0.15) is 17.4 Å².